The lowest BCUT2D eigenvalue weighted by Gasteiger charge is -2.36. The zero-order valence-electron chi connectivity index (χ0n) is 21.4. The van der Waals surface area contributed by atoms with Crippen LogP contribution in [0.1, 0.15) is 2.74 Å². The Morgan fingerprint density at radius 1 is 0.528 bits per heavy atom. The molecule has 2 heteroatoms. The van der Waals surface area contributed by atoms with Crippen LogP contribution in [0.25, 0.3) is 43.4 Å². The van der Waals surface area contributed by atoms with E-state index >= 15 is 0 Å². The van der Waals surface area contributed by atoms with Crippen LogP contribution in [0.5, 0.6) is 0 Å². The quantitative estimate of drug-likeness (QED) is 0.193. The summed E-state index contributed by atoms with van der Waals surface area (Å²) in [6, 6.07) is 39.5. The van der Waals surface area contributed by atoms with Gasteiger partial charge in [-0.2, -0.15) is 0 Å². The Morgan fingerprint density at radius 2 is 1.31 bits per heavy atom. The Balaban J connectivity index is 1.42. The van der Waals surface area contributed by atoms with E-state index in [1.807, 2.05) is 18.2 Å². The number of hydrogen-bond acceptors (Lipinski definition) is 1. The topological polar surface area (TPSA) is 3.24 Å². The first kappa shape index (κ1) is 17.0. The number of para-hydroxylation sites is 1. The van der Waals surface area contributed by atoms with Gasteiger partial charge in [-0.25, -0.2) is 0 Å². The van der Waals surface area contributed by atoms with Gasteiger partial charge in [0.05, 0.1) is 8.43 Å². The third-order valence-electron chi connectivity index (χ3n) is 8.26. The molecule has 36 heavy (non-hydrogen) atoms. The fourth-order valence-electron chi connectivity index (χ4n) is 6.84. The normalized spacial score (nSPS) is 14.2. The van der Waals surface area contributed by atoms with Crippen molar-refractivity contribution in [2.75, 3.05) is 4.90 Å². The Hall–Kier alpha value is -4.56. The van der Waals surface area contributed by atoms with Crippen molar-refractivity contribution in [1.29, 1.82) is 0 Å². The van der Waals surface area contributed by atoms with Crippen molar-refractivity contribution in [3.05, 3.63) is 121 Å². The molecule has 0 radical (unpaired) electrons. The molecule has 0 amide bonds. The second kappa shape index (κ2) is 6.56. The van der Waals surface area contributed by atoms with E-state index in [-0.39, 0.29) is 6.71 Å². The highest BCUT2D eigenvalue weighted by Gasteiger charge is 2.42. The Kier molecular flexibility index (Phi) is 3.09. The first-order valence-electron chi connectivity index (χ1n) is 13.5. The average molecular weight is 455 g/mol. The molecule has 0 saturated heterocycles. The van der Waals surface area contributed by atoms with Gasteiger partial charge in [-0.05, 0) is 67.2 Å². The van der Waals surface area contributed by atoms with Gasteiger partial charge < -0.3 is 4.90 Å². The smallest absolute Gasteiger partial charge is 0.248 e. The summed E-state index contributed by atoms with van der Waals surface area (Å²) in [6.45, 7) is 0.0258. The summed E-state index contributed by atoms with van der Waals surface area (Å²) in [5.74, 6) is 0. The number of rotatable bonds is 1. The SMILES string of the molecule is [2H]c1ccc2c(c1)B1c3ccccc3N(c3ccc4ccc5cccc6ccc3c4c56)c3c([2H])ccc-2c31. The van der Waals surface area contributed by atoms with Crippen LogP contribution in [0.3, 0.4) is 0 Å². The molecular weight excluding hydrogens is 433 g/mol. The number of anilines is 3. The van der Waals surface area contributed by atoms with Gasteiger partial charge in [-0.1, -0.05) is 109 Å². The summed E-state index contributed by atoms with van der Waals surface area (Å²) in [6.07, 6.45) is 0. The number of hydrogen-bond donors (Lipinski definition) is 0. The van der Waals surface area contributed by atoms with E-state index in [2.05, 4.69) is 95.9 Å². The maximum atomic E-state index is 9.17. The zero-order chi connectivity index (χ0) is 25.1. The largest absolute Gasteiger partial charge is 0.311 e. The molecule has 2 heterocycles. The fraction of sp³-hybridized carbons (Fsp3) is 0. The number of fused-ring (bicyclic) bond motifs is 5. The lowest BCUT2D eigenvalue weighted by molar-refractivity contribution is 1.31. The summed E-state index contributed by atoms with van der Waals surface area (Å²) in [5.41, 5.74) is 9.08. The molecule has 9 rings (SSSR count). The standard InChI is InChI=1S/C34H20BN/c1-2-11-27-24(9-1)25-10-6-14-31-34(25)35(27)28-12-3-4-13-30(28)36(31)29-20-18-23-16-15-21-7-5-8-22-17-19-26(29)33(23)32(21)22/h1-20H/i2D,14D. The summed E-state index contributed by atoms with van der Waals surface area (Å²) in [7, 11) is 0. The van der Waals surface area contributed by atoms with Gasteiger partial charge in [0.1, 0.15) is 0 Å². The first-order chi connectivity index (χ1) is 18.7. The number of benzene rings is 7. The molecule has 0 bridgehead atoms. The summed E-state index contributed by atoms with van der Waals surface area (Å²) in [5, 5.41) is 7.50. The molecule has 1 nitrogen and oxygen atoms in total. The van der Waals surface area contributed by atoms with Crippen LogP contribution in [0, 0.1) is 0 Å². The van der Waals surface area contributed by atoms with E-state index in [1.54, 1.807) is 0 Å². The molecule has 0 unspecified atom stereocenters. The first-order valence-corrected chi connectivity index (χ1v) is 12.5. The van der Waals surface area contributed by atoms with Crippen LogP contribution >= 0.6 is 0 Å². The van der Waals surface area contributed by atoms with E-state index in [9.17, 15) is 1.37 Å². The lowest BCUT2D eigenvalue weighted by atomic mass is 9.37. The van der Waals surface area contributed by atoms with Gasteiger partial charge in [0.2, 0.25) is 6.71 Å². The van der Waals surface area contributed by atoms with Crippen LogP contribution < -0.4 is 21.3 Å². The van der Waals surface area contributed by atoms with Gasteiger partial charge in [-0.3, -0.25) is 0 Å². The van der Waals surface area contributed by atoms with E-state index in [0.717, 1.165) is 17.1 Å². The summed E-state index contributed by atoms with van der Waals surface area (Å²) < 4.78 is 17.5. The van der Waals surface area contributed by atoms with Crippen molar-refractivity contribution < 1.29 is 2.74 Å². The van der Waals surface area contributed by atoms with Crippen molar-refractivity contribution in [2.45, 2.75) is 0 Å². The van der Waals surface area contributed by atoms with Crippen molar-refractivity contribution in [2.24, 2.45) is 0 Å². The molecule has 7 aromatic rings. The predicted molar refractivity (Wildman–Crippen MR) is 155 cm³/mol. The Labute approximate surface area is 212 Å². The fourth-order valence-corrected chi connectivity index (χ4v) is 6.84. The van der Waals surface area contributed by atoms with Crippen molar-refractivity contribution in [3.8, 4) is 11.1 Å². The molecule has 0 spiro atoms. The van der Waals surface area contributed by atoms with Crippen molar-refractivity contribution in [1.82, 2.24) is 0 Å². The van der Waals surface area contributed by atoms with Crippen LogP contribution in [0.2, 0.25) is 0 Å². The van der Waals surface area contributed by atoms with Crippen LogP contribution in [-0.4, -0.2) is 6.71 Å². The summed E-state index contributed by atoms with van der Waals surface area (Å²) >= 11 is 0. The summed E-state index contributed by atoms with van der Waals surface area (Å²) in [4.78, 5) is 2.33. The minimum absolute atomic E-state index is 0.0258. The molecule has 0 fully saturated rings. The molecule has 164 valence electrons. The molecular formula is C34H20BN. The van der Waals surface area contributed by atoms with Gasteiger partial charge >= 0.3 is 0 Å². The molecule has 0 atom stereocenters. The highest BCUT2D eigenvalue weighted by Crippen LogP contribution is 2.45. The second-order valence-corrected chi connectivity index (χ2v) is 9.93. The maximum absolute atomic E-state index is 9.17. The van der Waals surface area contributed by atoms with E-state index in [0.29, 0.717) is 12.1 Å². The third kappa shape index (κ3) is 2.18. The van der Waals surface area contributed by atoms with Crippen LogP contribution in [0.15, 0.2) is 121 Å². The second-order valence-electron chi connectivity index (χ2n) is 9.93. The molecule has 2 aliphatic rings. The average Bonchev–Trinajstić information content (AvgIpc) is 3.27. The monoisotopic (exact) mass is 455 g/mol. The lowest BCUT2D eigenvalue weighted by Crippen LogP contribution is -2.54. The minimum Gasteiger partial charge on any atom is -0.311 e. The molecule has 0 saturated carbocycles. The van der Waals surface area contributed by atoms with Crippen LogP contribution in [-0.2, 0) is 0 Å². The highest BCUT2D eigenvalue weighted by atomic mass is 15.2. The van der Waals surface area contributed by atoms with Gasteiger partial charge in [-0.15, -0.1) is 0 Å². The van der Waals surface area contributed by atoms with Gasteiger partial charge in [0.15, 0.2) is 0 Å². The van der Waals surface area contributed by atoms with Gasteiger partial charge in [0, 0.05) is 16.8 Å². The zero-order valence-corrected chi connectivity index (χ0v) is 19.4. The van der Waals surface area contributed by atoms with E-state index < -0.39 is 0 Å². The molecule has 7 aromatic carbocycles. The van der Waals surface area contributed by atoms with Crippen molar-refractivity contribution in [3.63, 3.8) is 0 Å². The Morgan fingerprint density at radius 3 is 2.22 bits per heavy atom. The molecule has 0 aliphatic carbocycles. The highest BCUT2D eigenvalue weighted by molar-refractivity contribution is 7.01. The Bertz CT molecular complexity index is 2120. The third-order valence-corrected chi connectivity index (χ3v) is 8.26. The van der Waals surface area contributed by atoms with Gasteiger partial charge in [0.25, 0.3) is 0 Å². The van der Waals surface area contributed by atoms with E-state index in [1.165, 1.54) is 59.8 Å². The van der Waals surface area contributed by atoms with E-state index in [4.69, 9.17) is 1.37 Å². The van der Waals surface area contributed by atoms with Crippen LogP contribution in [0.4, 0.5) is 17.1 Å². The molecule has 0 aromatic heterocycles. The predicted octanol–water partition coefficient (Wildman–Crippen LogP) is 6.86. The number of nitrogens with zero attached hydrogens (tertiary/aromatic N) is 1. The molecule has 0 N–H and O–H groups in total. The minimum atomic E-state index is 0.0258. The maximum Gasteiger partial charge on any atom is 0.248 e. The molecule has 2 aliphatic heterocycles. The van der Waals surface area contributed by atoms with Crippen molar-refractivity contribution >= 4 is 72.5 Å².